The molecule has 1 atom stereocenters. The smallest absolute Gasteiger partial charge is 0.326 e. The van der Waals surface area contributed by atoms with Gasteiger partial charge in [-0.1, -0.05) is 31.4 Å². The lowest BCUT2D eigenvalue weighted by Crippen LogP contribution is -2.41. The van der Waals surface area contributed by atoms with Crippen LogP contribution in [0.2, 0.25) is 5.02 Å². The van der Waals surface area contributed by atoms with Crippen LogP contribution in [0.4, 0.5) is 10.1 Å². The fourth-order valence-corrected chi connectivity index (χ4v) is 2.13. The highest BCUT2D eigenvalue weighted by atomic mass is 35.5. The highest BCUT2D eigenvalue weighted by Gasteiger charge is 2.23. The van der Waals surface area contributed by atoms with E-state index in [2.05, 4.69) is 5.32 Å². The maximum atomic E-state index is 13.4. The maximum absolute atomic E-state index is 13.4. The Balaban J connectivity index is 2.90. The molecule has 0 bridgehead atoms. The molecule has 1 aromatic rings. The fourth-order valence-electron chi connectivity index (χ4n) is 1.97. The number of benzene rings is 1. The first-order valence-corrected chi connectivity index (χ1v) is 7.28. The van der Waals surface area contributed by atoms with Crippen LogP contribution in [0.5, 0.6) is 0 Å². The third-order valence-electron chi connectivity index (χ3n) is 3.15. The Morgan fingerprint density at radius 1 is 1.48 bits per heavy atom. The summed E-state index contributed by atoms with van der Waals surface area (Å²) in [4.78, 5) is 33.1. The number of nitrogens with zero attached hydrogens (tertiary/aromatic N) is 1. The zero-order valence-corrected chi connectivity index (χ0v) is 13.1. The molecule has 9 heteroatoms. The number of nitrogens with one attached hydrogen (secondary N) is 1. The van der Waals surface area contributed by atoms with Gasteiger partial charge in [-0.3, -0.25) is 14.9 Å². The van der Waals surface area contributed by atoms with E-state index in [1.165, 1.54) is 0 Å². The van der Waals surface area contributed by atoms with Crippen molar-refractivity contribution in [2.75, 3.05) is 0 Å². The first kappa shape index (κ1) is 18.8. The first-order valence-electron chi connectivity index (χ1n) is 6.90. The van der Waals surface area contributed by atoms with Crippen LogP contribution in [0.3, 0.4) is 0 Å². The number of carbonyl (C=O) groups excluding carboxylic acids is 1. The third kappa shape index (κ3) is 5.48. The lowest BCUT2D eigenvalue weighted by Gasteiger charge is -2.14. The van der Waals surface area contributed by atoms with Gasteiger partial charge in [0.1, 0.15) is 11.9 Å². The minimum atomic E-state index is -1.19. The quantitative estimate of drug-likeness (QED) is 0.555. The van der Waals surface area contributed by atoms with Gasteiger partial charge in [-0.05, 0) is 12.5 Å². The summed E-state index contributed by atoms with van der Waals surface area (Å²) in [6.07, 6.45) is 1.09. The summed E-state index contributed by atoms with van der Waals surface area (Å²) in [6.45, 7) is 1.88. The van der Waals surface area contributed by atoms with Crippen LogP contribution in [0, 0.1) is 15.9 Å². The molecule has 1 aromatic carbocycles. The van der Waals surface area contributed by atoms with Crippen LogP contribution in [0.25, 0.3) is 0 Å². The molecule has 0 radical (unpaired) electrons. The van der Waals surface area contributed by atoms with Crippen molar-refractivity contribution < 1.29 is 24.0 Å². The average Bonchev–Trinajstić information content (AvgIpc) is 2.46. The van der Waals surface area contributed by atoms with Crippen molar-refractivity contribution in [3.8, 4) is 0 Å². The second-order valence-electron chi connectivity index (χ2n) is 4.93. The molecule has 1 rings (SSSR count). The number of nitro groups is 1. The molecule has 0 saturated heterocycles. The molecule has 1 amide bonds. The lowest BCUT2D eigenvalue weighted by molar-refractivity contribution is -0.385. The molecule has 1 unspecified atom stereocenters. The van der Waals surface area contributed by atoms with Gasteiger partial charge >= 0.3 is 5.97 Å². The number of unbranched alkanes of at least 4 members (excludes halogenated alkanes) is 1. The number of hydrogen-bond acceptors (Lipinski definition) is 4. The summed E-state index contributed by atoms with van der Waals surface area (Å²) in [6, 6.07) is 0.547. The van der Waals surface area contributed by atoms with E-state index in [-0.39, 0.29) is 12.0 Å². The predicted octanol–water partition coefficient (Wildman–Crippen LogP) is 2.69. The summed E-state index contributed by atoms with van der Waals surface area (Å²) >= 11 is 5.49. The van der Waals surface area contributed by atoms with Crippen LogP contribution >= 0.6 is 11.6 Å². The standard InChI is InChI=1S/C14H16ClFN2O5/c1-2-3-4-11(14(20)21)17-13(19)6-8-5-10(16)9(15)7-12(8)18(22)23/h5,7,11H,2-4,6H2,1H3,(H,17,19)(H,20,21). The van der Waals surface area contributed by atoms with Gasteiger partial charge in [0.2, 0.25) is 5.91 Å². The number of hydrogen-bond donors (Lipinski definition) is 2. The van der Waals surface area contributed by atoms with Crippen molar-refractivity contribution in [1.82, 2.24) is 5.32 Å². The van der Waals surface area contributed by atoms with Gasteiger partial charge in [-0.15, -0.1) is 0 Å². The van der Waals surface area contributed by atoms with Crippen LogP contribution in [-0.2, 0) is 16.0 Å². The molecule has 0 aliphatic rings. The predicted molar refractivity (Wildman–Crippen MR) is 80.9 cm³/mol. The second kappa shape index (κ2) is 8.42. The number of halogens is 2. The minimum Gasteiger partial charge on any atom is -0.480 e. The van der Waals surface area contributed by atoms with Crippen LogP contribution in [0.1, 0.15) is 31.7 Å². The lowest BCUT2D eigenvalue weighted by atomic mass is 10.1. The van der Waals surface area contributed by atoms with Gasteiger partial charge < -0.3 is 10.4 Å². The SMILES string of the molecule is CCCCC(NC(=O)Cc1cc(F)c(Cl)cc1[N+](=O)[O-])C(=O)O. The van der Waals surface area contributed by atoms with E-state index in [1.54, 1.807) is 0 Å². The summed E-state index contributed by atoms with van der Waals surface area (Å²) < 4.78 is 13.4. The largest absolute Gasteiger partial charge is 0.480 e. The Labute approximate surface area is 136 Å². The zero-order chi connectivity index (χ0) is 17.6. The normalized spacial score (nSPS) is 11.8. The van der Waals surface area contributed by atoms with Gasteiger partial charge in [0, 0.05) is 11.6 Å². The molecule has 0 aliphatic carbocycles. The van der Waals surface area contributed by atoms with Crippen molar-refractivity contribution >= 4 is 29.2 Å². The van der Waals surface area contributed by atoms with E-state index in [0.717, 1.165) is 18.6 Å². The summed E-state index contributed by atoms with van der Waals surface area (Å²) in [5.41, 5.74) is -0.666. The van der Waals surface area contributed by atoms with E-state index in [1.807, 2.05) is 6.92 Å². The van der Waals surface area contributed by atoms with Crippen LogP contribution in [-0.4, -0.2) is 27.9 Å². The van der Waals surface area contributed by atoms with E-state index in [0.29, 0.717) is 6.42 Å². The van der Waals surface area contributed by atoms with Crippen molar-refractivity contribution in [2.45, 2.75) is 38.6 Å². The van der Waals surface area contributed by atoms with Crippen LogP contribution < -0.4 is 5.32 Å². The number of aliphatic carboxylic acids is 1. The average molecular weight is 347 g/mol. The highest BCUT2D eigenvalue weighted by Crippen LogP contribution is 2.26. The van der Waals surface area contributed by atoms with Gasteiger partial charge in [0.25, 0.3) is 5.69 Å². The van der Waals surface area contributed by atoms with Gasteiger partial charge in [0.05, 0.1) is 16.4 Å². The van der Waals surface area contributed by atoms with Gasteiger partial charge in [-0.25, -0.2) is 9.18 Å². The number of carboxylic acids is 1. The second-order valence-corrected chi connectivity index (χ2v) is 5.34. The Morgan fingerprint density at radius 3 is 2.65 bits per heavy atom. The van der Waals surface area contributed by atoms with Crippen molar-refractivity contribution in [3.63, 3.8) is 0 Å². The molecule has 7 nitrogen and oxygen atoms in total. The molecule has 0 heterocycles. The van der Waals surface area contributed by atoms with E-state index >= 15 is 0 Å². The Bertz CT molecular complexity index is 623. The fraction of sp³-hybridized carbons (Fsp3) is 0.429. The van der Waals surface area contributed by atoms with E-state index in [9.17, 15) is 24.1 Å². The van der Waals surface area contributed by atoms with Crippen molar-refractivity contribution in [3.05, 3.63) is 38.7 Å². The molecule has 0 aromatic heterocycles. The molecule has 2 N–H and O–H groups in total. The Morgan fingerprint density at radius 2 is 2.13 bits per heavy atom. The molecule has 0 fully saturated rings. The molecule has 0 spiro atoms. The number of nitro benzene ring substituents is 1. The Hall–Kier alpha value is -2.22. The first-order chi connectivity index (χ1) is 10.8. The molecule has 0 aliphatic heterocycles. The Kier molecular flexibility index (Phi) is 6.89. The van der Waals surface area contributed by atoms with Gasteiger partial charge in [0.15, 0.2) is 0 Å². The van der Waals surface area contributed by atoms with Gasteiger partial charge in [-0.2, -0.15) is 0 Å². The number of amides is 1. The summed E-state index contributed by atoms with van der Waals surface area (Å²) in [5, 5.41) is 21.8. The van der Waals surface area contributed by atoms with Crippen molar-refractivity contribution in [2.24, 2.45) is 0 Å². The zero-order valence-electron chi connectivity index (χ0n) is 12.3. The summed E-state index contributed by atoms with van der Waals surface area (Å²) in [7, 11) is 0. The molecular weight excluding hydrogens is 331 g/mol. The highest BCUT2D eigenvalue weighted by molar-refractivity contribution is 6.31. The molecule has 0 saturated carbocycles. The van der Waals surface area contributed by atoms with E-state index < -0.39 is 45.8 Å². The molecule has 126 valence electrons. The number of carbonyl (C=O) groups is 2. The van der Waals surface area contributed by atoms with E-state index in [4.69, 9.17) is 16.7 Å². The molecule has 23 heavy (non-hydrogen) atoms. The van der Waals surface area contributed by atoms with Crippen molar-refractivity contribution in [1.29, 1.82) is 0 Å². The minimum absolute atomic E-state index is 0.172. The number of rotatable bonds is 8. The van der Waals surface area contributed by atoms with Crippen LogP contribution in [0.15, 0.2) is 12.1 Å². The topological polar surface area (TPSA) is 110 Å². The number of carboxylic acid groups (broad SMARTS) is 1. The monoisotopic (exact) mass is 346 g/mol. The third-order valence-corrected chi connectivity index (χ3v) is 3.44. The summed E-state index contributed by atoms with van der Waals surface area (Å²) in [5.74, 6) is -2.82. The molecular formula is C14H16ClFN2O5. The maximum Gasteiger partial charge on any atom is 0.326 e.